The summed E-state index contributed by atoms with van der Waals surface area (Å²) in [6.45, 7) is 6.60. The monoisotopic (exact) mass is 233 g/mol. The van der Waals surface area contributed by atoms with Crippen molar-refractivity contribution in [1.82, 2.24) is 10.2 Å². The zero-order chi connectivity index (χ0) is 12.1. The highest BCUT2D eigenvalue weighted by molar-refractivity contribution is 5.44. The zero-order valence-corrected chi connectivity index (χ0v) is 10.9. The summed E-state index contributed by atoms with van der Waals surface area (Å²) in [6.07, 6.45) is 1.18. The van der Waals surface area contributed by atoms with Crippen LogP contribution in [0.2, 0.25) is 0 Å². The Bertz CT molecular complexity index is 334. The van der Waals surface area contributed by atoms with Crippen LogP contribution in [0.15, 0.2) is 24.3 Å². The Balaban J connectivity index is 1.70. The molecule has 2 rings (SSSR count). The van der Waals surface area contributed by atoms with E-state index in [1.165, 1.54) is 24.2 Å². The summed E-state index contributed by atoms with van der Waals surface area (Å²) in [4.78, 5) is 2.40. The van der Waals surface area contributed by atoms with Gasteiger partial charge in [0.15, 0.2) is 0 Å². The fourth-order valence-corrected chi connectivity index (χ4v) is 2.25. The highest BCUT2D eigenvalue weighted by atomic mass is 15.2. The van der Waals surface area contributed by atoms with E-state index >= 15 is 0 Å². The van der Waals surface area contributed by atoms with Crippen molar-refractivity contribution in [3.8, 4) is 0 Å². The van der Waals surface area contributed by atoms with Crippen LogP contribution in [-0.2, 0) is 0 Å². The molecule has 0 aliphatic carbocycles. The number of benzene rings is 1. The van der Waals surface area contributed by atoms with Gasteiger partial charge in [-0.3, -0.25) is 0 Å². The molecular formula is C14H23N3. The topological polar surface area (TPSA) is 27.3 Å². The molecule has 1 unspecified atom stereocenters. The lowest BCUT2D eigenvalue weighted by Gasteiger charge is -2.31. The second-order valence-corrected chi connectivity index (χ2v) is 4.99. The molecule has 1 atom stereocenters. The molecule has 0 spiro atoms. The van der Waals surface area contributed by atoms with E-state index in [4.69, 9.17) is 0 Å². The van der Waals surface area contributed by atoms with E-state index in [9.17, 15) is 0 Å². The average molecular weight is 233 g/mol. The lowest BCUT2D eigenvalue weighted by atomic mass is 10.1. The van der Waals surface area contributed by atoms with E-state index in [-0.39, 0.29) is 0 Å². The summed E-state index contributed by atoms with van der Waals surface area (Å²) in [5, 5.41) is 7.04. The summed E-state index contributed by atoms with van der Waals surface area (Å²) in [6, 6.07) is 9.22. The summed E-state index contributed by atoms with van der Waals surface area (Å²) >= 11 is 0. The largest absolute Gasteiger partial charge is 0.385 e. The third-order valence-electron chi connectivity index (χ3n) is 3.33. The van der Waals surface area contributed by atoms with E-state index in [0.29, 0.717) is 6.04 Å². The number of nitrogens with zero attached hydrogens (tertiary/aromatic N) is 1. The second-order valence-electron chi connectivity index (χ2n) is 4.99. The first-order valence-electron chi connectivity index (χ1n) is 6.46. The lowest BCUT2D eigenvalue weighted by Crippen LogP contribution is -2.49. The van der Waals surface area contributed by atoms with Gasteiger partial charge in [-0.1, -0.05) is 17.7 Å². The van der Waals surface area contributed by atoms with Crippen LogP contribution in [0.25, 0.3) is 0 Å². The summed E-state index contributed by atoms with van der Waals surface area (Å²) in [5.41, 5.74) is 2.53. The first-order valence-corrected chi connectivity index (χ1v) is 6.46. The molecule has 0 saturated carbocycles. The quantitative estimate of drug-likeness (QED) is 0.829. The van der Waals surface area contributed by atoms with Crippen LogP contribution in [0, 0.1) is 6.92 Å². The van der Waals surface area contributed by atoms with Crippen LogP contribution in [0.5, 0.6) is 0 Å². The van der Waals surface area contributed by atoms with Crippen molar-refractivity contribution >= 4 is 5.69 Å². The van der Waals surface area contributed by atoms with E-state index in [1.807, 2.05) is 0 Å². The SMILES string of the molecule is Cc1ccc(NCCC2CN(C)CCN2)cc1. The van der Waals surface area contributed by atoms with Gasteiger partial charge in [0.05, 0.1) is 0 Å². The maximum absolute atomic E-state index is 3.56. The number of aryl methyl sites for hydroxylation is 1. The third kappa shape index (κ3) is 4.02. The van der Waals surface area contributed by atoms with Gasteiger partial charge in [0, 0.05) is 37.9 Å². The van der Waals surface area contributed by atoms with Gasteiger partial charge in [-0.05, 0) is 32.5 Å². The Morgan fingerprint density at radius 3 is 2.82 bits per heavy atom. The summed E-state index contributed by atoms with van der Waals surface area (Å²) in [5.74, 6) is 0. The molecule has 3 heteroatoms. The van der Waals surface area contributed by atoms with Crippen LogP contribution in [-0.4, -0.2) is 44.2 Å². The summed E-state index contributed by atoms with van der Waals surface area (Å²) < 4.78 is 0. The van der Waals surface area contributed by atoms with Gasteiger partial charge in [0.2, 0.25) is 0 Å². The minimum atomic E-state index is 0.631. The molecule has 1 heterocycles. The number of likely N-dealkylation sites (N-methyl/N-ethyl adjacent to an activating group) is 1. The van der Waals surface area contributed by atoms with E-state index < -0.39 is 0 Å². The number of rotatable bonds is 4. The van der Waals surface area contributed by atoms with Gasteiger partial charge in [-0.2, -0.15) is 0 Å². The van der Waals surface area contributed by atoms with Crippen LogP contribution in [0.1, 0.15) is 12.0 Å². The van der Waals surface area contributed by atoms with Crippen molar-refractivity contribution in [3.63, 3.8) is 0 Å². The molecule has 1 saturated heterocycles. The highest BCUT2D eigenvalue weighted by Gasteiger charge is 2.15. The predicted molar refractivity (Wildman–Crippen MR) is 73.6 cm³/mol. The number of anilines is 1. The van der Waals surface area contributed by atoms with Gasteiger partial charge in [0.1, 0.15) is 0 Å². The predicted octanol–water partition coefficient (Wildman–Crippen LogP) is 1.70. The molecule has 17 heavy (non-hydrogen) atoms. The molecule has 2 N–H and O–H groups in total. The van der Waals surface area contributed by atoms with Crippen LogP contribution >= 0.6 is 0 Å². The maximum Gasteiger partial charge on any atom is 0.0340 e. The second kappa shape index (κ2) is 6.03. The van der Waals surface area contributed by atoms with E-state index in [1.54, 1.807) is 0 Å². The van der Waals surface area contributed by atoms with E-state index in [0.717, 1.165) is 19.6 Å². The number of nitrogens with one attached hydrogen (secondary N) is 2. The van der Waals surface area contributed by atoms with Crippen LogP contribution in [0.4, 0.5) is 5.69 Å². The van der Waals surface area contributed by atoms with Crippen LogP contribution < -0.4 is 10.6 Å². The Morgan fingerprint density at radius 1 is 1.35 bits per heavy atom. The molecule has 0 bridgehead atoms. The molecule has 0 radical (unpaired) electrons. The fraction of sp³-hybridized carbons (Fsp3) is 0.571. The number of hydrogen-bond acceptors (Lipinski definition) is 3. The molecular weight excluding hydrogens is 210 g/mol. The molecule has 1 aliphatic heterocycles. The first-order chi connectivity index (χ1) is 8.24. The Labute approximate surface area is 104 Å². The van der Waals surface area contributed by atoms with Crippen LogP contribution in [0.3, 0.4) is 0 Å². The van der Waals surface area contributed by atoms with Gasteiger partial charge in [-0.25, -0.2) is 0 Å². The van der Waals surface area contributed by atoms with Gasteiger partial charge in [-0.15, -0.1) is 0 Å². The van der Waals surface area contributed by atoms with Crippen molar-refractivity contribution in [2.75, 3.05) is 38.5 Å². The summed E-state index contributed by atoms with van der Waals surface area (Å²) in [7, 11) is 2.20. The Hall–Kier alpha value is -1.06. The van der Waals surface area contributed by atoms with Crippen molar-refractivity contribution < 1.29 is 0 Å². The fourth-order valence-electron chi connectivity index (χ4n) is 2.25. The molecule has 1 fully saturated rings. The van der Waals surface area contributed by atoms with Gasteiger partial charge >= 0.3 is 0 Å². The average Bonchev–Trinajstić information content (AvgIpc) is 2.32. The molecule has 0 aromatic heterocycles. The standard InChI is InChI=1S/C14H23N3/c1-12-3-5-13(6-4-12)15-8-7-14-11-17(2)10-9-16-14/h3-6,14-16H,7-11H2,1-2H3. The Morgan fingerprint density at radius 2 is 2.12 bits per heavy atom. The third-order valence-corrected chi connectivity index (χ3v) is 3.33. The van der Waals surface area contributed by atoms with Crippen molar-refractivity contribution in [2.24, 2.45) is 0 Å². The highest BCUT2D eigenvalue weighted by Crippen LogP contribution is 2.09. The van der Waals surface area contributed by atoms with E-state index in [2.05, 4.69) is 53.8 Å². The van der Waals surface area contributed by atoms with Gasteiger partial charge < -0.3 is 15.5 Å². The van der Waals surface area contributed by atoms with Crippen molar-refractivity contribution in [2.45, 2.75) is 19.4 Å². The molecule has 3 nitrogen and oxygen atoms in total. The molecule has 1 aromatic carbocycles. The number of hydrogen-bond donors (Lipinski definition) is 2. The Kier molecular flexibility index (Phi) is 4.40. The zero-order valence-electron chi connectivity index (χ0n) is 10.9. The maximum atomic E-state index is 3.56. The molecule has 1 aliphatic rings. The first kappa shape index (κ1) is 12.4. The minimum Gasteiger partial charge on any atom is -0.385 e. The smallest absolute Gasteiger partial charge is 0.0340 e. The molecule has 1 aromatic rings. The van der Waals surface area contributed by atoms with Gasteiger partial charge in [0.25, 0.3) is 0 Å². The lowest BCUT2D eigenvalue weighted by molar-refractivity contribution is 0.234. The normalized spacial score (nSPS) is 21.4. The molecule has 0 amide bonds. The van der Waals surface area contributed by atoms with Crippen molar-refractivity contribution in [1.29, 1.82) is 0 Å². The number of piperazine rings is 1. The minimum absolute atomic E-state index is 0.631. The van der Waals surface area contributed by atoms with Crippen molar-refractivity contribution in [3.05, 3.63) is 29.8 Å². The molecule has 94 valence electrons.